The van der Waals surface area contributed by atoms with Crippen LogP contribution in [0.4, 0.5) is 5.69 Å². The molecule has 1 fully saturated rings. The van der Waals surface area contributed by atoms with Gasteiger partial charge in [-0.3, -0.25) is 9.59 Å². The van der Waals surface area contributed by atoms with E-state index in [2.05, 4.69) is 26.6 Å². The van der Waals surface area contributed by atoms with Gasteiger partial charge in [0.2, 0.25) is 5.91 Å². The second kappa shape index (κ2) is 9.01. The third-order valence-corrected chi connectivity index (χ3v) is 4.30. The van der Waals surface area contributed by atoms with Gasteiger partial charge in [-0.25, -0.2) is 4.79 Å². The fourth-order valence-corrected chi connectivity index (χ4v) is 2.94. The molecular weight excluding hydrogens is 412 g/mol. The number of carbonyl (C=O) groups is 3. The smallest absolute Gasteiger partial charge is 0.330 e. The molecule has 0 spiro atoms. The number of nitrogens with one attached hydrogen (secondary N) is 2. The summed E-state index contributed by atoms with van der Waals surface area (Å²) in [6.07, 6.45) is 4.30. The zero-order valence-electron chi connectivity index (χ0n) is 13.6. The molecule has 134 valence electrons. The Hall–Kier alpha value is -1.86. The quantitative estimate of drug-likeness (QED) is 0.514. The van der Waals surface area contributed by atoms with Crippen LogP contribution < -0.4 is 10.6 Å². The van der Waals surface area contributed by atoms with Crippen molar-refractivity contribution in [1.29, 1.82) is 0 Å². The summed E-state index contributed by atoms with van der Waals surface area (Å²) in [7, 11) is 0. The molecule has 2 amide bonds. The van der Waals surface area contributed by atoms with Gasteiger partial charge in [0.05, 0.1) is 17.9 Å². The van der Waals surface area contributed by atoms with E-state index in [0.29, 0.717) is 22.0 Å². The predicted octanol–water partition coefficient (Wildman–Crippen LogP) is 3.30. The van der Waals surface area contributed by atoms with Crippen molar-refractivity contribution in [3.63, 3.8) is 0 Å². The lowest BCUT2D eigenvalue weighted by molar-refractivity contribution is -0.137. The molecule has 0 saturated heterocycles. The summed E-state index contributed by atoms with van der Waals surface area (Å²) in [5, 5.41) is 5.79. The molecule has 25 heavy (non-hydrogen) atoms. The number of ether oxygens (including phenoxy) is 1. The minimum Gasteiger partial charge on any atom is -0.463 e. The monoisotopic (exact) mass is 428 g/mol. The van der Waals surface area contributed by atoms with Crippen LogP contribution in [-0.2, 0) is 14.3 Å². The largest absolute Gasteiger partial charge is 0.463 e. The third-order valence-electron chi connectivity index (χ3n) is 3.45. The Morgan fingerprint density at radius 3 is 2.68 bits per heavy atom. The highest BCUT2D eigenvalue weighted by Gasteiger charge is 2.23. The lowest BCUT2D eigenvalue weighted by atomic mass is 10.1. The molecule has 0 radical (unpaired) electrons. The first kappa shape index (κ1) is 19.5. The number of esters is 1. The lowest BCUT2D eigenvalue weighted by Gasteiger charge is -2.13. The Kier molecular flexibility index (Phi) is 7.01. The van der Waals surface area contributed by atoms with Crippen LogP contribution in [0.5, 0.6) is 0 Å². The molecule has 1 aliphatic carbocycles. The van der Waals surface area contributed by atoms with Crippen molar-refractivity contribution in [2.24, 2.45) is 5.92 Å². The summed E-state index contributed by atoms with van der Waals surface area (Å²) in [6.45, 7) is 2.49. The van der Waals surface area contributed by atoms with E-state index in [4.69, 9.17) is 16.3 Å². The summed E-state index contributed by atoms with van der Waals surface area (Å²) in [6, 6.07) is 3.06. The predicted molar refractivity (Wildman–Crippen MR) is 98.6 cm³/mol. The van der Waals surface area contributed by atoms with Crippen molar-refractivity contribution in [3.05, 3.63) is 39.3 Å². The molecule has 2 N–H and O–H groups in total. The molecule has 0 atom stereocenters. The standard InChI is InChI=1S/C17H18BrClN2O4/c1-2-25-15(23)6-5-14(22)21-16-12(7-11(19)8-13(16)18)17(24)20-9-10-3-4-10/h5-8,10H,2-4,9H2,1H3,(H,20,24)(H,21,22)/b6-5+. The molecule has 1 aromatic carbocycles. The van der Waals surface area contributed by atoms with Crippen molar-refractivity contribution in [2.75, 3.05) is 18.5 Å². The summed E-state index contributed by atoms with van der Waals surface area (Å²) >= 11 is 9.31. The van der Waals surface area contributed by atoms with Crippen LogP contribution in [0.15, 0.2) is 28.8 Å². The molecule has 0 unspecified atom stereocenters. The van der Waals surface area contributed by atoms with Gasteiger partial charge in [-0.15, -0.1) is 0 Å². The number of carbonyl (C=O) groups excluding carboxylic acids is 3. The fraction of sp³-hybridized carbons (Fsp3) is 0.353. The molecule has 2 rings (SSSR count). The van der Waals surface area contributed by atoms with Crippen molar-refractivity contribution in [2.45, 2.75) is 19.8 Å². The Labute approximate surface area is 159 Å². The molecule has 0 aliphatic heterocycles. The average molecular weight is 430 g/mol. The normalized spacial score (nSPS) is 13.6. The van der Waals surface area contributed by atoms with Crippen LogP contribution in [-0.4, -0.2) is 30.9 Å². The summed E-state index contributed by atoms with van der Waals surface area (Å²) in [5.74, 6) is -0.973. The van der Waals surface area contributed by atoms with Gasteiger partial charge in [0, 0.05) is 28.2 Å². The van der Waals surface area contributed by atoms with E-state index in [1.807, 2.05) is 0 Å². The van der Waals surface area contributed by atoms with E-state index in [0.717, 1.165) is 25.0 Å². The average Bonchev–Trinajstić information content (AvgIpc) is 3.37. The van der Waals surface area contributed by atoms with Gasteiger partial charge in [-0.1, -0.05) is 11.6 Å². The highest BCUT2D eigenvalue weighted by molar-refractivity contribution is 9.10. The zero-order chi connectivity index (χ0) is 18.4. The molecule has 6 nitrogen and oxygen atoms in total. The Balaban J connectivity index is 2.13. The number of amides is 2. The van der Waals surface area contributed by atoms with E-state index in [-0.39, 0.29) is 23.8 Å². The maximum absolute atomic E-state index is 12.4. The minimum atomic E-state index is -0.616. The number of rotatable bonds is 7. The Morgan fingerprint density at radius 2 is 2.04 bits per heavy atom. The maximum atomic E-state index is 12.4. The molecule has 1 saturated carbocycles. The van der Waals surface area contributed by atoms with Crippen LogP contribution in [0.2, 0.25) is 5.02 Å². The van der Waals surface area contributed by atoms with Gasteiger partial charge < -0.3 is 15.4 Å². The molecular formula is C17H18BrClN2O4. The van der Waals surface area contributed by atoms with E-state index in [9.17, 15) is 14.4 Å². The van der Waals surface area contributed by atoms with Crippen molar-refractivity contribution in [1.82, 2.24) is 5.32 Å². The van der Waals surface area contributed by atoms with Crippen molar-refractivity contribution in [3.8, 4) is 0 Å². The molecule has 1 aliphatic rings. The molecule has 0 aromatic heterocycles. The maximum Gasteiger partial charge on any atom is 0.330 e. The fourth-order valence-electron chi connectivity index (χ4n) is 2.03. The second-order valence-corrected chi connectivity index (χ2v) is 6.83. The number of anilines is 1. The Bertz CT molecular complexity index is 717. The zero-order valence-corrected chi connectivity index (χ0v) is 15.9. The number of hydrogen-bond acceptors (Lipinski definition) is 4. The Morgan fingerprint density at radius 1 is 1.32 bits per heavy atom. The van der Waals surface area contributed by atoms with Gasteiger partial charge in [0.15, 0.2) is 0 Å². The summed E-state index contributed by atoms with van der Waals surface area (Å²) in [4.78, 5) is 35.7. The minimum absolute atomic E-state index is 0.221. The van der Waals surface area contributed by atoms with Crippen LogP contribution >= 0.6 is 27.5 Å². The van der Waals surface area contributed by atoms with Gasteiger partial charge in [-0.05, 0) is 53.7 Å². The van der Waals surface area contributed by atoms with Crippen LogP contribution in [0.25, 0.3) is 0 Å². The molecule has 0 heterocycles. The van der Waals surface area contributed by atoms with E-state index >= 15 is 0 Å². The summed E-state index contributed by atoms with van der Waals surface area (Å²) in [5.41, 5.74) is 0.536. The van der Waals surface area contributed by atoms with Crippen LogP contribution in [0, 0.1) is 5.92 Å². The van der Waals surface area contributed by atoms with Crippen LogP contribution in [0.1, 0.15) is 30.1 Å². The molecule has 0 bridgehead atoms. The van der Waals surface area contributed by atoms with Gasteiger partial charge in [0.25, 0.3) is 5.91 Å². The highest BCUT2D eigenvalue weighted by atomic mass is 79.9. The van der Waals surface area contributed by atoms with Crippen molar-refractivity contribution < 1.29 is 19.1 Å². The number of hydrogen-bond donors (Lipinski definition) is 2. The van der Waals surface area contributed by atoms with Crippen molar-refractivity contribution >= 4 is 51.0 Å². The first-order valence-electron chi connectivity index (χ1n) is 7.83. The van der Waals surface area contributed by atoms with Crippen LogP contribution in [0.3, 0.4) is 0 Å². The van der Waals surface area contributed by atoms with Gasteiger partial charge >= 0.3 is 5.97 Å². The molecule has 1 aromatic rings. The second-order valence-electron chi connectivity index (χ2n) is 5.54. The van der Waals surface area contributed by atoms with E-state index in [1.54, 1.807) is 13.0 Å². The number of halogens is 2. The third kappa shape index (κ3) is 6.17. The van der Waals surface area contributed by atoms with E-state index < -0.39 is 11.9 Å². The lowest BCUT2D eigenvalue weighted by Crippen LogP contribution is -2.27. The summed E-state index contributed by atoms with van der Waals surface area (Å²) < 4.78 is 5.17. The van der Waals surface area contributed by atoms with E-state index in [1.165, 1.54) is 6.07 Å². The topological polar surface area (TPSA) is 84.5 Å². The highest BCUT2D eigenvalue weighted by Crippen LogP contribution is 2.31. The molecule has 8 heteroatoms. The number of benzene rings is 1. The SMILES string of the molecule is CCOC(=O)/C=C/C(=O)Nc1c(Br)cc(Cl)cc1C(=O)NCC1CC1. The first-order chi connectivity index (χ1) is 11.9. The van der Waals surface area contributed by atoms with Gasteiger partial charge in [-0.2, -0.15) is 0 Å². The first-order valence-corrected chi connectivity index (χ1v) is 9.00. The van der Waals surface area contributed by atoms with Gasteiger partial charge in [0.1, 0.15) is 0 Å².